The Labute approximate surface area is 187 Å². The van der Waals surface area contributed by atoms with Gasteiger partial charge in [0.25, 0.3) is 0 Å². The summed E-state index contributed by atoms with van der Waals surface area (Å²) in [7, 11) is 0. The Morgan fingerprint density at radius 1 is 0.968 bits per heavy atom. The Morgan fingerprint density at radius 3 is 2.26 bits per heavy atom. The van der Waals surface area contributed by atoms with Crippen LogP contribution in [0.4, 0.5) is 4.39 Å². The number of rotatable bonds is 9. The summed E-state index contributed by atoms with van der Waals surface area (Å²) < 4.78 is 13.6. The first-order valence-corrected chi connectivity index (χ1v) is 11.4. The van der Waals surface area contributed by atoms with Gasteiger partial charge in [0.15, 0.2) is 0 Å². The van der Waals surface area contributed by atoms with Gasteiger partial charge in [-0.1, -0.05) is 68.5 Å². The lowest BCUT2D eigenvalue weighted by Crippen LogP contribution is -2.16. The molecule has 0 spiro atoms. The molecule has 3 N–H and O–H groups in total. The summed E-state index contributed by atoms with van der Waals surface area (Å²) in [5.41, 5.74) is 4.02. The minimum atomic E-state index is -0.831. The maximum atomic E-state index is 13.6. The lowest BCUT2D eigenvalue weighted by molar-refractivity contribution is 0.0827. The topological polar surface area (TPSA) is 60.7 Å². The zero-order chi connectivity index (χ0) is 22.4. The Bertz CT molecular complexity index is 993. The van der Waals surface area contributed by atoms with Crippen LogP contribution in [-0.2, 0) is 0 Å². The van der Waals surface area contributed by atoms with Gasteiger partial charge >= 0.3 is 0 Å². The molecule has 0 aliphatic rings. The van der Waals surface area contributed by atoms with Crippen LogP contribution >= 0.6 is 11.3 Å². The molecule has 0 aliphatic carbocycles. The highest BCUT2D eigenvalue weighted by Gasteiger charge is 2.21. The van der Waals surface area contributed by atoms with Gasteiger partial charge in [-0.15, -0.1) is 11.3 Å². The van der Waals surface area contributed by atoms with Crippen molar-refractivity contribution in [2.24, 2.45) is 0 Å². The van der Waals surface area contributed by atoms with E-state index in [9.17, 15) is 14.6 Å². The Balaban J connectivity index is 2.11. The standard InChI is InChI=1S/C26H29FO3S/c1-17(2)25-23(13-12-21(29)16-22(30)14-15-28)24(18-8-10-20(27)11-9-18)26(31-25)19-6-4-3-5-7-19/h3-13,17,21-22,28-30H,14-16H2,1-2H3/t21-,22+/m1/s1. The highest BCUT2D eigenvalue weighted by atomic mass is 32.1. The number of hydrogen-bond donors (Lipinski definition) is 3. The molecule has 0 unspecified atom stereocenters. The fourth-order valence-electron chi connectivity index (χ4n) is 3.58. The zero-order valence-corrected chi connectivity index (χ0v) is 18.6. The quantitative estimate of drug-likeness (QED) is 0.391. The van der Waals surface area contributed by atoms with Crippen LogP contribution in [-0.4, -0.2) is 34.1 Å². The second kappa shape index (κ2) is 10.8. The third-order valence-corrected chi connectivity index (χ3v) is 6.68. The van der Waals surface area contributed by atoms with Gasteiger partial charge in [-0.2, -0.15) is 0 Å². The summed E-state index contributed by atoms with van der Waals surface area (Å²) >= 11 is 1.71. The maximum Gasteiger partial charge on any atom is 0.123 e. The zero-order valence-electron chi connectivity index (χ0n) is 17.8. The molecule has 2 aromatic carbocycles. The van der Waals surface area contributed by atoms with Gasteiger partial charge in [0.1, 0.15) is 5.82 Å². The van der Waals surface area contributed by atoms with Crippen molar-refractivity contribution in [3.8, 4) is 21.6 Å². The summed E-state index contributed by atoms with van der Waals surface area (Å²) in [6.07, 6.45) is 2.41. The summed E-state index contributed by atoms with van der Waals surface area (Å²) in [5.74, 6) is -0.0202. The van der Waals surface area contributed by atoms with Crippen molar-refractivity contribution in [2.75, 3.05) is 6.61 Å². The third kappa shape index (κ3) is 5.89. The molecule has 0 bridgehead atoms. The largest absolute Gasteiger partial charge is 0.396 e. The monoisotopic (exact) mass is 440 g/mol. The fourth-order valence-corrected chi connectivity index (χ4v) is 4.90. The molecule has 3 aromatic rings. The molecular weight excluding hydrogens is 411 g/mol. The van der Waals surface area contributed by atoms with Crippen molar-refractivity contribution >= 4 is 17.4 Å². The van der Waals surface area contributed by atoms with E-state index < -0.39 is 12.2 Å². The van der Waals surface area contributed by atoms with E-state index in [4.69, 9.17) is 5.11 Å². The second-order valence-corrected chi connectivity index (χ2v) is 8.99. The fraction of sp³-hybridized carbons (Fsp3) is 0.308. The lowest BCUT2D eigenvalue weighted by atomic mass is 9.94. The summed E-state index contributed by atoms with van der Waals surface area (Å²) in [5, 5.41) is 29.2. The van der Waals surface area contributed by atoms with Crippen molar-refractivity contribution in [2.45, 2.75) is 44.8 Å². The van der Waals surface area contributed by atoms with Gasteiger partial charge in [-0.3, -0.25) is 0 Å². The number of halogens is 1. The molecule has 1 aromatic heterocycles. The van der Waals surface area contributed by atoms with Gasteiger partial charge in [0.05, 0.1) is 12.2 Å². The predicted molar refractivity (Wildman–Crippen MR) is 127 cm³/mol. The van der Waals surface area contributed by atoms with Crippen LogP contribution in [0.1, 0.15) is 43.0 Å². The van der Waals surface area contributed by atoms with Crippen molar-refractivity contribution in [1.29, 1.82) is 0 Å². The third-order valence-electron chi connectivity index (χ3n) is 5.13. The Morgan fingerprint density at radius 2 is 1.65 bits per heavy atom. The van der Waals surface area contributed by atoms with Crippen LogP contribution in [0.15, 0.2) is 60.7 Å². The highest BCUT2D eigenvalue weighted by Crippen LogP contribution is 2.46. The van der Waals surface area contributed by atoms with E-state index in [1.54, 1.807) is 29.5 Å². The molecule has 0 amide bonds. The number of hydrogen-bond acceptors (Lipinski definition) is 4. The molecule has 0 fully saturated rings. The maximum absolute atomic E-state index is 13.6. The second-order valence-electron chi connectivity index (χ2n) is 7.94. The van der Waals surface area contributed by atoms with Crippen LogP contribution in [0.5, 0.6) is 0 Å². The van der Waals surface area contributed by atoms with E-state index in [0.717, 1.165) is 27.1 Å². The molecule has 1 heterocycles. The SMILES string of the molecule is CC(C)c1sc(-c2ccccc2)c(-c2ccc(F)cc2)c1C=C[C@@H](O)C[C@@H](O)CCO. The van der Waals surface area contributed by atoms with E-state index in [1.807, 2.05) is 24.3 Å². The van der Waals surface area contributed by atoms with E-state index in [0.29, 0.717) is 0 Å². The number of aliphatic hydroxyl groups excluding tert-OH is 3. The molecule has 3 rings (SSSR count). The van der Waals surface area contributed by atoms with Gasteiger partial charge in [0.2, 0.25) is 0 Å². The summed E-state index contributed by atoms with van der Waals surface area (Å²) in [6.45, 7) is 4.15. The van der Waals surface area contributed by atoms with Gasteiger partial charge in [0, 0.05) is 28.3 Å². The molecule has 3 nitrogen and oxygen atoms in total. The molecule has 0 saturated carbocycles. The molecule has 0 aliphatic heterocycles. The van der Waals surface area contributed by atoms with E-state index in [-0.39, 0.29) is 31.2 Å². The van der Waals surface area contributed by atoms with E-state index >= 15 is 0 Å². The first kappa shape index (κ1) is 23.4. The average molecular weight is 441 g/mol. The number of thiophene rings is 1. The molecule has 2 atom stereocenters. The van der Waals surface area contributed by atoms with Gasteiger partial charge < -0.3 is 15.3 Å². The Hall–Kier alpha value is -2.31. The molecule has 164 valence electrons. The van der Waals surface area contributed by atoms with Gasteiger partial charge in [-0.05, 0) is 41.2 Å². The van der Waals surface area contributed by atoms with Crippen molar-refractivity contribution in [1.82, 2.24) is 0 Å². The van der Waals surface area contributed by atoms with Crippen LogP contribution in [0, 0.1) is 5.82 Å². The molecule has 31 heavy (non-hydrogen) atoms. The van der Waals surface area contributed by atoms with Crippen molar-refractivity contribution in [3.05, 3.63) is 76.9 Å². The normalized spacial score (nSPS) is 13.8. The van der Waals surface area contributed by atoms with Crippen LogP contribution < -0.4 is 0 Å². The first-order chi connectivity index (χ1) is 14.9. The summed E-state index contributed by atoms with van der Waals surface area (Å²) in [6, 6.07) is 16.6. The molecule has 0 radical (unpaired) electrons. The lowest BCUT2D eigenvalue weighted by Gasteiger charge is -2.12. The number of aliphatic hydroxyl groups is 3. The molecule has 0 saturated heterocycles. The van der Waals surface area contributed by atoms with Crippen molar-refractivity contribution < 1.29 is 19.7 Å². The molecule has 5 heteroatoms. The minimum Gasteiger partial charge on any atom is -0.396 e. The smallest absolute Gasteiger partial charge is 0.123 e. The first-order valence-electron chi connectivity index (χ1n) is 10.5. The molecular formula is C26H29FO3S. The highest BCUT2D eigenvalue weighted by molar-refractivity contribution is 7.16. The van der Waals surface area contributed by atoms with Crippen molar-refractivity contribution in [3.63, 3.8) is 0 Å². The van der Waals surface area contributed by atoms with E-state index in [1.165, 1.54) is 17.0 Å². The average Bonchev–Trinajstić information content (AvgIpc) is 3.13. The van der Waals surface area contributed by atoms with Crippen LogP contribution in [0.3, 0.4) is 0 Å². The Kier molecular flexibility index (Phi) is 8.15. The minimum absolute atomic E-state index is 0.116. The van der Waals surface area contributed by atoms with Crippen LogP contribution in [0.25, 0.3) is 27.6 Å². The van der Waals surface area contributed by atoms with Gasteiger partial charge in [-0.25, -0.2) is 4.39 Å². The van der Waals surface area contributed by atoms with Crippen LogP contribution in [0.2, 0.25) is 0 Å². The predicted octanol–water partition coefficient (Wildman–Crippen LogP) is 5.85. The summed E-state index contributed by atoms with van der Waals surface area (Å²) in [4.78, 5) is 2.28. The number of benzene rings is 2. The van der Waals surface area contributed by atoms with E-state index in [2.05, 4.69) is 26.0 Å².